The molecule has 4 nitrogen and oxygen atoms in total. The van der Waals surface area contributed by atoms with Gasteiger partial charge >= 0.3 is 0 Å². The maximum Gasteiger partial charge on any atom is 0.177 e. The summed E-state index contributed by atoms with van der Waals surface area (Å²) >= 11 is 3.31. The van der Waals surface area contributed by atoms with E-state index in [4.69, 9.17) is 0 Å². The third kappa shape index (κ3) is 1.57. The Morgan fingerprint density at radius 3 is 3.08 bits per heavy atom. The number of fused-ring (bicyclic) bond motifs is 1. The number of nitrogens with one attached hydrogen (secondary N) is 1. The van der Waals surface area contributed by atoms with Crippen molar-refractivity contribution in [2.24, 2.45) is 0 Å². The van der Waals surface area contributed by atoms with Crippen LogP contribution >= 0.6 is 15.9 Å². The molecular formula is C8H8BrN3O. The molecule has 0 fully saturated rings. The maximum atomic E-state index is 9.26. The molecule has 0 radical (unpaired) electrons. The zero-order valence-electron chi connectivity index (χ0n) is 6.95. The molecule has 0 bridgehead atoms. The van der Waals surface area contributed by atoms with E-state index in [2.05, 4.69) is 30.9 Å². The van der Waals surface area contributed by atoms with Crippen molar-refractivity contribution in [3.8, 4) is 0 Å². The van der Waals surface area contributed by atoms with Crippen molar-refractivity contribution in [2.75, 3.05) is 0 Å². The van der Waals surface area contributed by atoms with Crippen molar-refractivity contribution in [3.63, 3.8) is 0 Å². The minimum absolute atomic E-state index is 0.542. The fourth-order valence-corrected chi connectivity index (χ4v) is 1.42. The lowest BCUT2D eigenvalue weighted by Gasteiger charge is -1.94. The lowest BCUT2D eigenvalue weighted by Crippen LogP contribution is -1.92. The molecule has 2 rings (SSSR count). The summed E-state index contributed by atoms with van der Waals surface area (Å²) in [6.07, 6.45) is 1.09. The first-order chi connectivity index (χ1) is 6.16. The van der Waals surface area contributed by atoms with Crippen LogP contribution in [0.2, 0.25) is 0 Å². The second-order valence-corrected chi connectivity index (χ2v) is 3.74. The van der Waals surface area contributed by atoms with Crippen LogP contribution in [-0.4, -0.2) is 20.1 Å². The van der Waals surface area contributed by atoms with Gasteiger partial charge in [-0.05, 0) is 28.9 Å². The van der Waals surface area contributed by atoms with E-state index in [1.165, 1.54) is 0 Å². The molecule has 2 aromatic heterocycles. The maximum absolute atomic E-state index is 9.26. The van der Waals surface area contributed by atoms with E-state index in [1.54, 1.807) is 13.1 Å². The quantitative estimate of drug-likeness (QED) is 0.801. The van der Waals surface area contributed by atoms with Crippen molar-refractivity contribution in [2.45, 2.75) is 13.0 Å². The minimum Gasteiger partial charge on any atom is -0.385 e. The first-order valence-electron chi connectivity index (χ1n) is 3.86. The summed E-state index contributed by atoms with van der Waals surface area (Å²) in [5, 5.41) is 9.26. The Balaban J connectivity index is 2.62. The summed E-state index contributed by atoms with van der Waals surface area (Å²) in [5.41, 5.74) is 1.45. The van der Waals surface area contributed by atoms with Crippen molar-refractivity contribution in [1.29, 1.82) is 0 Å². The number of imidazole rings is 1. The second-order valence-electron chi connectivity index (χ2n) is 2.82. The minimum atomic E-state index is -0.590. The number of hydrogen-bond acceptors (Lipinski definition) is 3. The topological polar surface area (TPSA) is 61.8 Å². The average molecular weight is 242 g/mol. The van der Waals surface area contributed by atoms with Gasteiger partial charge in [-0.3, -0.25) is 0 Å². The van der Waals surface area contributed by atoms with Gasteiger partial charge in [0.05, 0.1) is 5.52 Å². The first-order valence-corrected chi connectivity index (χ1v) is 4.65. The molecule has 2 aromatic rings. The molecule has 0 aliphatic heterocycles. The second kappa shape index (κ2) is 3.08. The molecular weight excluding hydrogens is 234 g/mol. The molecule has 0 spiro atoms. The van der Waals surface area contributed by atoms with E-state index in [-0.39, 0.29) is 0 Å². The number of hydrogen-bond donors (Lipinski definition) is 2. The number of aromatic nitrogens is 3. The van der Waals surface area contributed by atoms with Gasteiger partial charge in [0.25, 0.3) is 0 Å². The zero-order chi connectivity index (χ0) is 9.42. The van der Waals surface area contributed by atoms with Crippen LogP contribution in [0.25, 0.3) is 11.2 Å². The predicted molar refractivity (Wildman–Crippen MR) is 52.2 cm³/mol. The Bertz CT molecular complexity index is 438. The van der Waals surface area contributed by atoms with E-state index in [1.807, 2.05) is 6.07 Å². The number of aromatic amines is 1. The highest BCUT2D eigenvalue weighted by Gasteiger charge is 2.07. The lowest BCUT2D eigenvalue weighted by atomic mass is 10.4. The third-order valence-corrected chi connectivity index (χ3v) is 2.15. The van der Waals surface area contributed by atoms with Gasteiger partial charge in [0.15, 0.2) is 5.65 Å². The molecule has 0 aliphatic rings. The molecule has 0 aliphatic carbocycles. The Morgan fingerprint density at radius 1 is 1.62 bits per heavy atom. The van der Waals surface area contributed by atoms with Crippen LogP contribution in [0.5, 0.6) is 0 Å². The molecule has 0 unspecified atom stereocenters. The van der Waals surface area contributed by atoms with Crippen LogP contribution in [0.4, 0.5) is 0 Å². The van der Waals surface area contributed by atoms with E-state index in [9.17, 15) is 5.11 Å². The van der Waals surface area contributed by atoms with Gasteiger partial charge in [0.1, 0.15) is 11.9 Å². The first kappa shape index (κ1) is 8.65. The Morgan fingerprint density at radius 2 is 2.38 bits per heavy atom. The van der Waals surface area contributed by atoms with Crippen molar-refractivity contribution in [3.05, 3.63) is 22.6 Å². The van der Waals surface area contributed by atoms with Crippen LogP contribution in [-0.2, 0) is 0 Å². The van der Waals surface area contributed by atoms with E-state index < -0.39 is 6.10 Å². The normalized spacial score (nSPS) is 13.5. The molecule has 68 valence electrons. The third-order valence-electron chi connectivity index (χ3n) is 1.72. The zero-order valence-corrected chi connectivity index (χ0v) is 8.54. The number of aliphatic hydroxyl groups excluding tert-OH is 1. The number of H-pyrrole nitrogens is 1. The summed E-state index contributed by atoms with van der Waals surface area (Å²) in [7, 11) is 0. The highest BCUT2D eigenvalue weighted by Crippen LogP contribution is 2.17. The SMILES string of the molecule is C[C@@H](O)c1nc2ncc(Br)cc2[nH]1. The number of aliphatic hydroxyl groups is 1. The Kier molecular flexibility index (Phi) is 2.05. The number of nitrogens with zero attached hydrogens (tertiary/aromatic N) is 2. The van der Waals surface area contributed by atoms with Crippen LogP contribution in [0.15, 0.2) is 16.7 Å². The van der Waals surface area contributed by atoms with Crippen LogP contribution in [0.1, 0.15) is 18.9 Å². The van der Waals surface area contributed by atoms with E-state index in [0.717, 1.165) is 9.99 Å². The van der Waals surface area contributed by atoms with E-state index in [0.29, 0.717) is 11.5 Å². The van der Waals surface area contributed by atoms with Gasteiger partial charge < -0.3 is 10.1 Å². The van der Waals surface area contributed by atoms with Crippen molar-refractivity contribution >= 4 is 27.1 Å². The van der Waals surface area contributed by atoms with Crippen molar-refractivity contribution < 1.29 is 5.11 Å². The fraction of sp³-hybridized carbons (Fsp3) is 0.250. The lowest BCUT2D eigenvalue weighted by molar-refractivity contribution is 0.190. The number of pyridine rings is 1. The van der Waals surface area contributed by atoms with Crippen LogP contribution in [0.3, 0.4) is 0 Å². The van der Waals surface area contributed by atoms with Gasteiger partial charge in [-0.2, -0.15) is 0 Å². The molecule has 0 saturated heterocycles. The van der Waals surface area contributed by atoms with Gasteiger partial charge in [0, 0.05) is 10.7 Å². The summed E-state index contributed by atoms with van der Waals surface area (Å²) in [4.78, 5) is 11.2. The number of halogens is 1. The Labute approximate surface area is 83.2 Å². The predicted octanol–water partition coefficient (Wildman–Crippen LogP) is 1.77. The van der Waals surface area contributed by atoms with Crippen LogP contribution in [0, 0.1) is 0 Å². The Hall–Kier alpha value is -0.940. The smallest absolute Gasteiger partial charge is 0.177 e. The highest BCUT2D eigenvalue weighted by molar-refractivity contribution is 9.10. The highest BCUT2D eigenvalue weighted by atomic mass is 79.9. The molecule has 0 amide bonds. The molecule has 0 saturated carbocycles. The molecule has 2 N–H and O–H groups in total. The summed E-state index contributed by atoms with van der Waals surface area (Å²) in [6.45, 7) is 1.66. The van der Waals surface area contributed by atoms with Gasteiger partial charge in [-0.25, -0.2) is 9.97 Å². The molecule has 2 heterocycles. The standard InChI is InChI=1S/C8H8BrN3O/c1-4(13)7-11-6-2-5(9)3-10-8(6)12-7/h2-4,13H,1H3,(H,10,11,12)/t4-/m1/s1. The summed E-state index contributed by atoms with van der Waals surface area (Å²) < 4.78 is 0.890. The van der Waals surface area contributed by atoms with E-state index >= 15 is 0 Å². The average Bonchev–Trinajstić information content (AvgIpc) is 2.46. The van der Waals surface area contributed by atoms with Gasteiger partial charge in [-0.1, -0.05) is 0 Å². The van der Waals surface area contributed by atoms with Crippen molar-refractivity contribution in [1.82, 2.24) is 15.0 Å². The molecule has 13 heavy (non-hydrogen) atoms. The van der Waals surface area contributed by atoms with Gasteiger partial charge in [-0.15, -0.1) is 0 Å². The summed E-state index contributed by atoms with van der Waals surface area (Å²) in [5.74, 6) is 0.542. The fourth-order valence-electron chi connectivity index (χ4n) is 1.09. The molecule has 5 heteroatoms. The largest absolute Gasteiger partial charge is 0.385 e. The van der Waals surface area contributed by atoms with Gasteiger partial charge in [0.2, 0.25) is 0 Å². The molecule has 0 aromatic carbocycles. The monoisotopic (exact) mass is 241 g/mol. The molecule has 1 atom stereocenters. The van der Waals surface area contributed by atoms with Crippen LogP contribution < -0.4 is 0 Å². The number of rotatable bonds is 1. The summed E-state index contributed by atoms with van der Waals surface area (Å²) in [6, 6.07) is 1.88.